The van der Waals surface area contributed by atoms with Crippen LogP contribution in [0.5, 0.6) is 0 Å². The van der Waals surface area contributed by atoms with Crippen LogP contribution >= 0.6 is 0 Å². The topological polar surface area (TPSA) is 65.2 Å². The van der Waals surface area contributed by atoms with Gasteiger partial charge in [0.25, 0.3) is 6.43 Å². The summed E-state index contributed by atoms with van der Waals surface area (Å²) in [6.07, 6.45) is -1.66. The summed E-state index contributed by atoms with van der Waals surface area (Å²) in [4.78, 5) is 15.0. The molecular weight excluding hydrogens is 218 g/mol. The van der Waals surface area contributed by atoms with Gasteiger partial charge in [-0.2, -0.15) is 0 Å². The summed E-state index contributed by atoms with van der Waals surface area (Å²) in [5, 5.41) is 0. The van der Waals surface area contributed by atoms with E-state index >= 15 is 0 Å². The van der Waals surface area contributed by atoms with Crippen LogP contribution in [0, 0.1) is 6.92 Å². The number of ether oxygens (including phenoxy) is 1. The average Bonchev–Trinajstić information content (AvgIpc) is 2.26. The van der Waals surface area contributed by atoms with Crippen molar-refractivity contribution in [1.82, 2.24) is 4.98 Å². The zero-order valence-corrected chi connectivity index (χ0v) is 8.96. The second-order valence-corrected chi connectivity index (χ2v) is 3.16. The van der Waals surface area contributed by atoms with Gasteiger partial charge in [0.1, 0.15) is 0 Å². The third-order valence-corrected chi connectivity index (χ3v) is 2.32. The number of rotatable bonds is 3. The fraction of sp³-hybridized carbons (Fsp3) is 0.400. The van der Waals surface area contributed by atoms with E-state index in [1.807, 2.05) is 0 Å². The Labute approximate surface area is 91.4 Å². The molecule has 6 heteroatoms. The fourth-order valence-corrected chi connectivity index (χ4v) is 1.40. The maximum atomic E-state index is 12.6. The summed E-state index contributed by atoms with van der Waals surface area (Å²) in [6.45, 7) is 1.45. The van der Waals surface area contributed by atoms with Crippen LogP contribution in [-0.4, -0.2) is 18.1 Å². The van der Waals surface area contributed by atoms with Gasteiger partial charge in [-0.3, -0.25) is 0 Å². The maximum Gasteiger partial charge on any atom is 0.356 e. The van der Waals surface area contributed by atoms with Gasteiger partial charge in [0, 0.05) is 23.9 Å². The van der Waals surface area contributed by atoms with Crippen LogP contribution in [0.2, 0.25) is 0 Å². The van der Waals surface area contributed by atoms with Crippen molar-refractivity contribution in [2.75, 3.05) is 7.11 Å². The van der Waals surface area contributed by atoms with Gasteiger partial charge in [-0.25, -0.2) is 18.6 Å². The standard InChI is InChI=1S/C10H12F2N2O2/c1-5-6(3-13)8(10(15)16-2)14-4-7(5)9(11)12/h4,9H,3,13H2,1-2H3. The molecule has 16 heavy (non-hydrogen) atoms. The Balaban J connectivity index is 3.35. The number of methoxy groups -OCH3 is 1. The lowest BCUT2D eigenvalue weighted by Crippen LogP contribution is -2.14. The van der Waals surface area contributed by atoms with Crippen molar-refractivity contribution >= 4 is 5.97 Å². The highest BCUT2D eigenvalue weighted by Crippen LogP contribution is 2.25. The minimum Gasteiger partial charge on any atom is -0.464 e. The first-order chi connectivity index (χ1) is 7.52. The average molecular weight is 230 g/mol. The normalized spacial score (nSPS) is 10.6. The smallest absolute Gasteiger partial charge is 0.356 e. The maximum absolute atomic E-state index is 12.6. The SMILES string of the molecule is COC(=O)c1ncc(C(F)F)c(C)c1CN. The highest BCUT2D eigenvalue weighted by atomic mass is 19.3. The third-order valence-electron chi connectivity index (χ3n) is 2.32. The molecule has 0 atom stereocenters. The van der Waals surface area contributed by atoms with E-state index in [-0.39, 0.29) is 23.4 Å². The zero-order valence-electron chi connectivity index (χ0n) is 8.96. The van der Waals surface area contributed by atoms with Gasteiger partial charge in [-0.05, 0) is 12.5 Å². The molecule has 1 aromatic heterocycles. The number of hydrogen-bond acceptors (Lipinski definition) is 4. The molecule has 1 rings (SSSR count). The summed E-state index contributed by atoms with van der Waals surface area (Å²) in [5.41, 5.74) is 5.78. The fourth-order valence-electron chi connectivity index (χ4n) is 1.40. The van der Waals surface area contributed by atoms with E-state index in [4.69, 9.17) is 5.73 Å². The molecule has 0 saturated heterocycles. The number of nitrogens with zero attached hydrogens (tertiary/aromatic N) is 1. The van der Waals surface area contributed by atoms with E-state index < -0.39 is 12.4 Å². The molecule has 1 aromatic rings. The van der Waals surface area contributed by atoms with Crippen LogP contribution in [0.4, 0.5) is 8.78 Å². The highest BCUT2D eigenvalue weighted by molar-refractivity contribution is 5.89. The van der Waals surface area contributed by atoms with Crippen molar-refractivity contribution in [2.24, 2.45) is 5.73 Å². The first-order valence-electron chi connectivity index (χ1n) is 4.57. The number of carbonyl (C=O) groups is 1. The largest absolute Gasteiger partial charge is 0.464 e. The Morgan fingerprint density at radius 1 is 1.62 bits per heavy atom. The summed E-state index contributed by atoms with van der Waals surface area (Å²) < 4.78 is 29.6. The van der Waals surface area contributed by atoms with E-state index in [9.17, 15) is 13.6 Å². The van der Waals surface area contributed by atoms with Gasteiger partial charge >= 0.3 is 5.97 Å². The highest BCUT2D eigenvalue weighted by Gasteiger charge is 2.20. The van der Waals surface area contributed by atoms with E-state index in [2.05, 4.69) is 9.72 Å². The Hall–Kier alpha value is -1.56. The molecule has 1 heterocycles. The molecule has 0 saturated carbocycles. The molecule has 0 spiro atoms. The first-order valence-corrected chi connectivity index (χ1v) is 4.57. The summed E-state index contributed by atoms with van der Waals surface area (Å²) in [7, 11) is 1.20. The quantitative estimate of drug-likeness (QED) is 0.800. The van der Waals surface area contributed by atoms with E-state index in [0.717, 1.165) is 6.20 Å². The van der Waals surface area contributed by atoms with E-state index in [1.165, 1.54) is 14.0 Å². The number of pyridine rings is 1. The molecule has 0 fully saturated rings. The molecule has 0 bridgehead atoms. The summed E-state index contributed by atoms with van der Waals surface area (Å²) in [5.74, 6) is -0.677. The third kappa shape index (κ3) is 2.16. The molecular formula is C10H12F2N2O2. The minimum absolute atomic E-state index is 0.00750. The Kier molecular flexibility index (Phi) is 3.89. The molecule has 0 aliphatic heterocycles. The van der Waals surface area contributed by atoms with E-state index in [1.54, 1.807) is 0 Å². The van der Waals surface area contributed by atoms with Gasteiger partial charge in [0.2, 0.25) is 0 Å². The molecule has 0 amide bonds. The van der Waals surface area contributed by atoms with Crippen LogP contribution < -0.4 is 5.73 Å². The molecule has 4 nitrogen and oxygen atoms in total. The van der Waals surface area contributed by atoms with Gasteiger partial charge in [-0.1, -0.05) is 0 Å². The lowest BCUT2D eigenvalue weighted by Gasteiger charge is -2.12. The number of carbonyl (C=O) groups excluding carboxylic acids is 1. The van der Waals surface area contributed by atoms with Gasteiger partial charge in [-0.15, -0.1) is 0 Å². The lowest BCUT2D eigenvalue weighted by atomic mass is 10.0. The van der Waals surface area contributed by atoms with Crippen molar-refractivity contribution in [1.29, 1.82) is 0 Å². The van der Waals surface area contributed by atoms with Crippen LogP contribution in [-0.2, 0) is 11.3 Å². The monoisotopic (exact) mass is 230 g/mol. The Morgan fingerprint density at radius 2 is 2.25 bits per heavy atom. The zero-order chi connectivity index (χ0) is 12.3. The second kappa shape index (κ2) is 4.98. The van der Waals surface area contributed by atoms with Crippen molar-refractivity contribution in [2.45, 2.75) is 19.9 Å². The molecule has 0 aliphatic carbocycles. The molecule has 0 radical (unpaired) electrons. The molecule has 0 unspecified atom stereocenters. The number of hydrogen-bond donors (Lipinski definition) is 1. The predicted molar refractivity (Wildman–Crippen MR) is 53.2 cm³/mol. The van der Waals surface area contributed by atoms with Gasteiger partial charge in [0.05, 0.1) is 7.11 Å². The van der Waals surface area contributed by atoms with Gasteiger partial charge < -0.3 is 10.5 Å². The van der Waals surface area contributed by atoms with Crippen molar-refractivity contribution in [3.8, 4) is 0 Å². The predicted octanol–water partition coefficient (Wildman–Crippen LogP) is 1.57. The van der Waals surface area contributed by atoms with E-state index in [0.29, 0.717) is 5.56 Å². The van der Waals surface area contributed by atoms with Crippen molar-refractivity contribution in [3.05, 3.63) is 28.6 Å². The number of alkyl halides is 2. The van der Waals surface area contributed by atoms with Crippen LogP contribution in [0.15, 0.2) is 6.20 Å². The van der Waals surface area contributed by atoms with Crippen LogP contribution in [0.3, 0.4) is 0 Å². The first kappa shape index (κ1) is 12.5. The number of aromatic nitrogens is 1. The van der Waals surface area contributed by atoms with Crippen molar-refractivity contribution < 1.29 is 18.3 Å². The van der Waals surface area contributed by atoms with Gasteiger partial charge in [0.15, 0.2) is 5.69 Å². The molecule has 0 aromatic carbocycles. The number of esters is 1. The Bertz CT molecular complexity index is 408. The van der Waals surface area contributed by atoms with Crippen LogP contribution in [0.25, 0.3) is 0 Å². The molecule has 0 aliphatic rings. The van der Waals surface area contributed by atoms with Crippen molar-refractivity contribution in [3.63, 3.8) is 0 Å². The molecule has 88 valence electrons. The minimum atomic E-state index is -2.63. The number of halogens is 2. The summed E-state index contributed by atoms with van der Waals surface area (Å²) >= 11 is 0. The second-order valence-electron chi connectivity index (χ2n) is 3.16. The van der Waals surface area contributed by atoms with Crippen LogP contribution in [0.1, 0.15) is 33.6 Å². The summed E-state index contributed by atoms with van der Waals surface area (Å²) in [6, 6.07) is 0. The number of nitrogens with two attached hydrogens (primary N) is 1. The Morgan fingerprint density at radius 3 is 2.69 bits per heavy atom. The lowest BCUT2D eigenvalue weighted by molar-refractivity contribution is 0.0591. The molecule has 2 N–H and O–H groups in total.